The average Bonchev–Trinajstić information content (AvgIpc) is 2.10. The van der Waals surface area contributed by atoms with E-state index in [-0.39, 0.29) is 44.1 Å². The predicted octanol–water partition coefficient (Wildman–Crippen LogP) is -4.42. The molecule has 88 valence electrons. The van der Waals surface area contributed by atoms with E-state index in [0.29, 0.717) is 0 Å². The molecule has 0 saturated heterocycles. The van der Waals surface area contributed by atoms with Crippen molar-refractivity contribution < 1.29 is 55.2 Å². The van der Waals surface area contributed by atoms with E-state index in [0.717, 1.165) is 6.92 Å². The zero-order valence-corrected chi connectivity index (χ0v) is 11.4. The maximum Gasteiger partial charge on any atom is 1.00 e. The topological polar surface area (TPSA) is 119 Å². The monoisotopic (exact) mass is 242 g/mol. The van der Waals surface area contributed by atoms with Crippen LogP contribution in [0.25, 0.3) is 0 Å². The van der Waals surface area contributed by atoms with Crippen molar-refractivity contribution in [3.05, 3.63) is 0 Å². The molecule has 0 aliphatic heterocycles. The Kier molecular flexibility index (Phi) is 10.9. The summed E-state index contributed by atoms with van der Waals surface area (Å²) in [4.78, 5) is 32.1. The average molecular weight is 242 g/mol. The number of rotatable bonds is 6. The van der Waals surface area contributed by atoms with Crippen LogP contribution in [0.3, 0.4) is 0 Å². The van der Waals surface area contributed by atoms with Crippen LogP contribution < -0.4 is 40.6 Å². The molecule has 1 atom stereocenters. The molecule has 1 unspecified atom stereocenters. The molecule has 7 nitrogen and oxygen atoms in total. The second-order valence-corrected chi connectivity index (χ2v) is 2.81. The first-order valence-electron chi connectivity index (χ1n) is 4.35. The Morgan fingerprint density at radius 3 is 2.44 bits per heavy atom. The van der Waals surface area contributed by atoms with E-state index in [2.05, 4.69) is 10.1 Å². The minimum atomic E-state index is -1.16. The number of carbonyl (C=O) groups is 3. The first-order chi connectivity index (χ1) is 6.97. The zero-order valence-electron chi connectivity index (χ0n) is 10.4. The molecular weight excluding hydrogens is 227 g/mol. The largest absolute Gasteiger partial charge is 1.00 e. The maximum absolute atomic E-state index is 11.2. The molecule has 0 rings (SSSR count). The number of aliphatic carboxylic acids is 1. The van der Waals surface area contributed by atoms with Gasteiger partial charge in [-0.25, -0.2) is 4.79 Å². The Bertz CT molecular complexity index is 264. The first-order valence-corrected chi connectivity index (χ1v) is 4.35. The van der Waals surface area contributed by atoms with Crippen molar-refractivity contribution in [2.75, 3.05) is 13.1 Å². The van der Waals surface area contributed by atoms with Gasteiger partial charge in [-0.05, 0) is 0 Å². The van der Waals surface area contributed by atoms with E-state index in [1.807, 2.05) is 0 Å². The molecule has 16 heavy (non-hydrogen) atoms. The van der Waals surface area contributed by atoms with Crippen molar-refractivity contribution in [2.45, 2.75) is 19.4 Å². The number of carboxylic acids is 1. The van der Waals surface area contributed by atoms with Gasteiger partial charge in [0.25, 0.3) is 0 Å². The van der Waals surface area contributed by atoms with Gasteiger partial charge in [0.05, 0.1) is 6.42 Å². The van der Waals surface area contributed by atoms with E-state index >= 15 is 0 Å². The summed E-state index contributed by atoms with van der Waals surface area (Å²) in [5.41, 5.74) is 5.18. The van der Waals surface area contributed by atoms with Crippen LogP contribution in [0.1, 0.15) is 14.8 Å². The van der Waals surface area contributed by atoms with Crippen molar-refractivity contribution in [1.82, 2.24) is 5.32 Å². The number of carboxylic acid groups (broad SMARTS) is 1. The van der Waals surface area contributed by atoms with Crippen LogP contribution in [0.5, 0.6) is 0 Å². The fourth-order valence-corrected chi connectivity index (χ4v) is 0.884. The fraction of sp³-hybridized carbons (Fsp3) is 0.625. The van der Waals surface area contributed by atoms with Crippen molar-refractivity contribution in [3.63, 3.8) is 0 Å². The third-order valence-electron chi connectivity index (χ3n) is 1.44. The molecule has 0 aromatic carbocycles. The molecule has 0 amide bonds. The van der Waals surface area contributed by atoms with E-state index in [4.69, 9.17) is 10.8 Å². The van der Waals surface area contributed by atoms with Crippen LogP contribution >= 0.6 is 0 Å². The summed E-state index contributed by atoms with van der Waals surface area (Å²) >= 11 is 0. The van der Waals surface area contributed by atoms with Crippen LogP contribution in [0.4, 0.5) is 0 Å². The molecule has 0 aliphatic rings. The molecule has 0 heterocycles. The predicted molar refractivity (Wildman–Crippen MR) is 51.0 cm³/mol. The first kappa shape index (κ1) is 17.9. The quantitative estimate of drug-likeness (QED) is 0.244. The van der Waals surface area contributed by atoms with Crippen LogP contribution in [-0.4, -0.2) is 42.1 Å². The standard InChI is InChI=1S/C8H14N2O5.Na.H/c1-5(11)15-8(14)6(4-7(12)13)10-3-2-9;;/h6,10H,2-4,9H2,1H3,(H,12,13);;/q;+1;-1. The van der Waals surface area contributed by atoms with E-state index in [1.54, 1.807) is 0 Å². The van der Waals surface area contributed by atoms with Gasteiger partial charge in [0, 0.05) is 20.0 Å². The molecule has 0 aliphatic carbocycles. The molecule has 0 radical (unpaired) electrons. The molecule has 0 bridgehead atoms. The van der Waals surface area contributed by atoms with Crippen molar-refractivity contribution in [3.8, 4) is 0 Å². The van der Waals surface area contributed by atoms with Gasteiger partial charge in [-0.3, -0.25) is 9.59 Å². The number of esters is 2. The number of nitrogens with two attached hydrogens (primary N) is 1. The van der Waals surface area contributed by atoms with Gasteiger partial charge in [-0.2, -0.15) is 0 Å². The molecule has 8 heteroatoms. The third kappa shape index (κ3) is 8.81. The smallest absolute Gasteiger partial charge is 1.00 e. The van der Waals surface area contributed by atoms with Crippen molar-refractivity contribution in [1.29, 1.82) is 0 Å². The summed E-state index contributed by atoms with van der Waals surface area (Å²) in [7, 11) is 0. The Morgan fingerprint density at radius 1 is 1.50 bits per heavy atom. The van der Waals surface area contributed by atoms with Crippen LogP contribution in [0.2, 0.25) is 0 Å². The maximum atomic E-state index is 11.2. The summed E-state index contributed by atoms with van der Waals surface area (Å²) < 4.78 is 4.27. The van der Waals surface area contributed by atoms with Gasteiger partial charge < -0.3 is 22.3 Å². The molecular formula is C8H15N2NaO5. The molecule has 0 saturated carbocycles. The molecule has 0 aromatic heterocycles. The van der Waals surface area contributed by atoms with Gasteiger partial charge in [0.1, 0.15) is 6.04 Å². The number of hydrogen-bond acceptors (Lipinski definition) is 6. The van der Waals surface area contributed by atoms with E-state index < -0.39 is 30.4 Å². The number of hydrogen-bond donors (Lipinski definition) is 3. The van der Waals surface area contributed by atoms with Gasteiger partial charge in [-0.1, -0.05) is 0 Å². The molecule has 4 N–H and O–H groups in total. The van der Waals surface area contributed by atoms with E-state index in [9.17, 15) is 14.4 Å². The summed E-state index contributed by atoms with van der Waals surface area (Å²) in [6.07, 6.45) is -0.452. The Balaban J connectivity index is -0.000000980. The van der Waals surface area contributed by atoms with Gasteiger partial charge in [-0.15, -0.1) is 0 Å². The summed E-state index contributed by atoms with van der Waals surface area (Å²) in [5, 5.41) is 11.1. The van der Waals surface area contributed by atoms with Crippen LogP contribution in [-0.2, 0) is 19.1 Å². The Morgan fingerprint density at radius 2 is 2.06 bits per heavy atom. The second kappa shape index (κ2) is 9.73. The Labute approximate surface area is 116 Å². The van der Waals surface area contributed by atoms with Crippen molar-refractivity contribution in [2.24, 2.45) is 5.73 Å². The van der Waals surface area contributed by atoms with E-state index in [1.165, 1.54) is 0 Å². The SMILES string of the molecule is CC(=O)OC(=O)C(CC(=O)O)NCCN.[H-].[Na+]. The van der Waals surface area contributed by atoms with Gasteiger partial charge >= 0.3 is 47.5 Å². The normalized spacial score (nSPS) is 11.1. The summed E-state index contributed by atoms with van der Waals surface area (Å²) in [6, 6.07) is -1.05. The molecule has 0 aromatic rings. The Hall–Kier alpha value is -0.470. The zero-order chi connectivity index (χ0) is 11.8. The minimum Gasteiger partial charge on any atom is -1.00 e. The number of ether oxygens (including phenoxy) is 1. The number of carbonyl (C=O) groups excluding carboxylic acids is 2. The fourth-order valence-electron chi connectivity index (χ4n) is 0.884. The summed E-state index contributed by atoms with van der Waals surface area (Å²) in [5.74, 6) is -2.84. The van der Waals surface area contributed by atoms with Gasteiger partial charge in [0.15, 0.2) is 0 Å². The molecule has 0 fully saturated rings. The van der Waals surface area contributed by atoms with Crippen LogP contribution in [0.15, 0.2) is 0 Å². The van der Waals surface area contributed by atoms with Crippen molar-refractivity contribution >= 4 is 17.9 Å². The minimum absolute atomic E-state index is 0. The number of nitrogens with one attached hydrogen (secondary N) is 1. The van der Waals surface area contributed by atoms with Crippen LogP contribution in [0, 0.1) is 0 Å². The third-order valence-corrected chi connectivity index (χ3v) is 1.44. The molecule has 0 spiro atoms. The summed E-state index contributed by atoms with van der Waals surface area (Å²) in [6.45, 7) is 1.59. The second-order valence-electron chi connectivity index (χ2n) is 2.81. The van der Waals surface area contributed by atoms with Gasteiger partial charge in [0.2, 0.25) is 0 Å².